The van der Waals surface area contributed by atoms with E-state index in [0.717, 1.165) is 17.8 Å². The van der Waals surface area contributed by atoms with E-state index in [1.54, 1.807) is 41.8 Å². The zero-order chi connectivity index (χ0) is 14.7. The topological polar surface area (TPSA) is 42.4 Å². The molecule has 110 valence electrons. The summed E-state index contributed by atoms with van der Waals surface area (Å²) >= 11 is 7.39. The van der Waals surface area contributed by atoms with Gasteiger partial charge in [-0.2, -0.15) is 0 Å². The quantitative estimate of drug-likeness (QED) is 0.819. The van der Waals surface area contributed by atoms with Gasteiger partial charge in [0.1, 0.15) is 10.8 Å². The van der Waals surface area contributed by atoms with Gasteiger partial charge in [0.2, 0.25) is 0 Å². The molecule has 0 unspecified atom stereocenters. The van der Waals surface area contributed by atoms with E-state index >= 15 is 0 Å². The van der Waals surface area contributed by atoms with Crippen molar-refractivity contribution in [3.8, 4) is 5.75 Å². The molecule has 0 atom stereocenters. The zero-order valence-corrected chi connectivity index (χ0v) is 12.9. The minimum absolute atomic E-state index is 0.00245. The highest BCUT2D eigenvalue weighted by molar-refractivity contribution is 7.09. The van der Waals surface area contributed by atoms with Crippen LogP contribution in [0.3, 0.4) is 0 Å². The first-order chi connectivity index (χ1) is 10.2. The van der Waals surface area contributed by atoms with Gasteiger partial charge in [0.05, 0.1) is 6.54 Å². The number of carbonyl (C=O) groups is 1. The molecule has 1 amide bonds. The monoisotopic (exact) mass is 322 g/mol. The number of rotatable bonds is 6. The molecule has 0 saturated heterocycles. The number of carbonyl (C=O) groups excluding carboxylic acids is 1. The van der Waals surface area contributed by atoms with Crippen molar-refractivity contribution < 1.29 is 9.53 Å². The Balaban J connectivity index is 1.58. The molecule has 21 heavy (non-hydrogen) atoms. The summed E-state index contributed by atoms with van der Waals surface area (Å²) in [5.74, 6) is 0.653. The van der Waals surface area contributed by atoms with E-state index in [4.69, 9.17) is 16.3 Å². The predicted octanol–water partition coefficient (Wildman–Crippen LogP) is 3.37. The van der Waals surface area contributed by atoms with Crippen molar-refractivity contribution >= 4 is 28.8 Å². The molecule has 0 aliphatic heterocycles. The largest absolute Gasteiger partial charge is 0.484 e. The molecule has 1 aliphatic carbocycles. The molecule has 0 spiro atoms. The fourth-order valence-corrected chi connectivity index (χ4v) is 2.78. The summed E-state index contributed by atoms with van der Waals surface area (Å²) in [7, 11) is 0. The number of ether oxygens (including phenoxy) is 1. The fourth-order valence-electron chi connectivity index (χ4n) is 2.04. The molecular formula is C15H15ClN2O2S. The minimum atomic E-state index is 0.00245. The summed E-state index contributed by atoms with van der Waals surface area (Å²) < 4.78 is 5.53. The Morgan fingerprint density at radius 2 is 2.14 bits per heavy atom. The number of nitrogens with zero attached hydrogens (tertiary/aromatic N) is 2. The van der Waals surface area contributed by atoms with Gasteiger partial charge in [-0.3, -0.25) is 4.79 Å². The predicted molar refractivity (Wildman–Crippen MR) is 82.6 cm³/mol. The third-order valence-electron chi connectivity index (χ3n) is 3.27. The number of halogens is 1. The molecule has 0 N–H and O–H groups in total. The number of aromatic nitrogens is 1. The lowest BCUT2D eigenvalue weighted by molar-refractivity contribution is -0.134. The van der Waals surface area contributed by atoms with Crippen LogP contribution in [-0.2, 0) is 11.3 Å². The van der Waals surface area contributed by atoms with Crippen LogP contribution in [0.5, 0.6) is 5.75 Å². The van der Waals surface area contributed by atoms with Crippen LogP contribution in [0.4, 0.5) is 0 Å². The van der Waals surface area contributed by atoms with Gasteiger partial charge in [-0.25, -0.2) is 4.98 Å². The Morgan fingerprint density at radius 3 is 2.76 bits per heavy atom. The average Bonchev–Trinajstić information content (AvgIpc) is 3.20. The van der Waals surface area contributed by atoms with Crippen molar-refractivity contribution in [2.45, 2.75) is 25.4 Å². The first-order valence-corrected chi connectivity index (χ1v) is 8.04. The molecular weight excluding hydrogens is 308 g/mol. The molecule has 4 nitrogen and oxygen atoms in total. The van der Waals surface area contributed by atoms with Gasteiger partial charge in [0.25, 0.3) is 5.91 Å². The van der Waals surface area contributed by atoms with E-state index < -0.39 is 0 Å². The third kappa shape index (κ3) is 3.95. The van der Waals surface area contributed by atoms with Crippen molar-refractivity contribution in [3.63, 3.8) is 0 Å². The van der Waals surface area contributed by atoms with E-state index in [2.05, 4.69) is 4.98 Å². The summed E-state index contributed by atoms with van der Waals surface area (Å²) in [5.41, 5.74) is 0. The van der Waals surface area contributed by atoms with Crippen LogP contribution in [0.25, 0.3) is 0 Å². The van der Waals surface area contributed by atoms with E-state index in [-0.39, 0.29) is 12.5 Å². The summed E-state index contributed by atoms with van der Waals surface area (Å²) in [5, 5.41) is 3.54. The van der Waals surface area contributed by atoms with Crippen LogP contribution in [-0.4, -0.2) is 28.4 Å². The zero-order valence-electron chi connectivity index (χ0n) is 11.4. The van der Waals surface area contributed by atoms with Crippen molar-refractivity contribution in [2.24, 2.45) is 0 Å². The smallest absolute Gasteiger partial charge is 0.261 e. The molecule has 1 heterocycles. The Morgan fingerprint density at radius 1 is 1.38 bits per heavy atom. The molecule has 2 aromatic rings. The van der Waals surface area contributed by atoms with Crippen molar-refractivity contribution in [2.75, 3.05) is 6.61 Å². The molecule has 0 bridgehead atoms. The second kappa shape index (κ2) is 6.45. The highest BCUT2D eigenvalue weighted by Gasteiger charge is 2.33. The lowest BCUT2D eigenvalue weighted by Crippen LogP contribution is -2.36. The fraction of sp³-hybridized carbons (Fsp3) is 0.333. The lowest BCUT2D eigenvalue weighted by atomic mass is 10.3. The first-order valence-electron chi connectivity index (χ1n) is 6.78. The Hall–Kier alpha value is -1.59. The van der Waals surface area contributed by atoms with E-state index in [0.29, 0.717) is 23.4 Å². The number of benzene rings is 1. The standard InChI is InChI=1S/C15H15ClN2O2S/c16-11-1-5-13(6-2-11)20-10-15(19)18(12-3-4-12)9-14-17-7-8-21-14/h1-2,5-8,12H,3-4,9-10H2. The molecule has 1 fully saturated rings. The highest BCUT2D eigenvalue weighted by atomic mass is 35.5. The van der Waals surface area contributed by atoms with Gasteiger partial charge >= 0.3 is 0 Å². The minimum Gasteiger partial charge on any atom is -0.484 e. The number of hydrogen-bond donors (Lipinski definition) is 0. The summed E-state index contributed by atoms with van der Waals surface area (Å²) in [6.45, 7) is 0.620. The van der Waals surface area contributed by atoms with Gasteiger partial charge in [0, 0.05) is 22.6 Å². The molecule has 1 aromatic heterocycles. The van der Waals surface area contributed by atoms with E-state index in [9.17, 15) is 4.79 Å². The molecule has 6 heteroatoms. The van der Waals surface area contributed by atoms with Gasteiger partial charge in [-0.15, -0.1) is 11.3 Å². The van der Waals surface area contributed by atoms with Crippen molar-refractivity contribution in [1.29, 1.82) is 0 Å². The second-order valence-electron chi connectivity index (χ2n) is 4.92. The maximum Gasteiger partial charge on any atom is 0.261 e. The average molecular weight is 323 g/mol. The lowest BCUT2D eigenvalue weighted by Gasteiger charge is -2.21. The van der Waals surface area contributed by atoms with Crippen molar-refractivity contribution in [1.82, 2.24) is 9.88 Å². The molecule has 3 rings (SSSR count). The van der Waals surface area contributed by atoms with E-state index in [1.165, 1.54) is 0 Å². The van der Waals surface area contributed by atoms with Gasteiger partial charge in [-0.1, -0.05) is 11.6 Å². The van der Waals surface area contributed by atoms with Gasteiger partial charge in [0.15, 0.2) is 6.61 Å². The summed E-state index contributed by atoms with van der Waals surface area (Å²) in [6.07, 6.45) is 3.90. The van der Waals surface area contributed by atoms with Crippen molar-refractivity contribution in [3.05, 3.63) is 45.9 Å². The maximum absolute atomic E-state index is 12.3. The molecule has 1 aliphatic rings. The summed E-state index contributed by atoms with van der Waals surface area (Å²) in [6, 6.07) is 7.36. The Kier molecular flexibility index (Phi) is 4.41. The van der Waals surface area contributed by atoms with Crippen LogP contribution in [0, 0.1) is 0 Å². The Labute approximate surface area is 132 Å². The number of amides is 1. The first kappa shape index (κ1) is 14.4. The molecule has 1 aromatic carbocycles. The van der Waals surface area contributed by atoms with Crippen LogP contribution in [0.1, 0.15) is 17.8 Å². The van der Waals surface area contributed by atoms with Crippen LogP contribution in [0.2, 0.25) is 5.02 Å². The van der Waals surface area contributed by atoms with Gasteiger partial charge in [-0.05, 0) is 37.1 Å². The highest BCUT2D eigenvalue weighted by Crippen LogP contribution is 2.29. The van der Waals surface area contributed by atoms with Crippen LogP contribution >= 0.6 is 22.9 Å². The number of thiazole rings is 1. The molecule has 1 saturated carbocycles. The SMILES string of the molecule is O=C(COc1ccc(Cl)cc1)N(Cc1nccs1)C1CC1. The molecule has 0 radical (unpaired) electrons. The third-order valence-corrected chi connectivity index (χ3v) is 4.29. The summed E-state index contributed by atoms with van der Waals surface area (Å²) in [4.78, 5) is 18.5. The van der Waals surface area contributed by atoms with Crippen LogP contribution in [0.15, 0.2) is 35.8 Å². The maximum atomic E-state index is 12.3. The Bertz CT molecular complexity index is 597. The van der Waals surface area contributed by atoms with Gasteiger partial charge < -0.3 is 9.64 Å². The number of hydrogen-bond acceptors (Lipinski definition) is 4. The van der Waals surface area contributed by atoms with E-state index in [1.807, 2.05) is 10.3 Å². The normalized spacial score (nSPS) is 14.0. The van der Waals surface area contributed by atoms with Crippen LogP contribution < -0.4 is 4.74 Å². The second-order valence-corrected chi connectivity index (χ2v) is 6.34.